The number of ketones is 1. The maximum absolute atomic E-state index is 12.1. The predicted octanol–water partition coefficient (Wildman–Crippen LogP) is 3.14. The molecule has 1 aliphatic rings. The number of benzene rings is 1. The molecule has 182 valence electrons. The largest absolute Gasteiger partial charge is 0.439 e. The summed E-state index contributed by atoms with van der Waals surface area (Å²) in [5.41, 5.74) is 8.14. The molecule has 2 heterocycles. The Morgan fingerprint density at radius 1 is 1.20 bits per heavy atom. The maximum Gasteiger partial charge on any atom is 0.267 e. The van der Waals surface area contributed by atoms with Crippen LogP contribution in [0.3, 0.4) is 0 Å². The highest BCUT2D eigenvalue weighted by atomic mass is 16.5. The quantitative estimate of drug-likeness (QED) is 0.357. The van der Waals surface area contributed by atoms with E-state index in [2.05, 4.69) is 20.6 Å². The summed E-state index contributed by atoms with van der Waals surface area (Å²) in [4.78, 5) is 43.9. The number of nitrogens with two attached hydrogens (primary N) is 1. The first-order chi connectivity index (χ1) is 16.8. The molecule has 2 aromatic rings. The summed E-state index contributed by atoms with van der Waals surface area (Å²) in [5, 5.41) is 5.86. The van der Waals surface area contributed by atoms with E-state index in [4.69, 9.17) is 10.5 Å². The van der Waals surface area contributed by atoms with E-state index < -0.39 is 5.91 Å². The van der Waals surface area contributed by atoms with Crippen LogP contribution in [0.2, 0.25) is 0 Å². The van der Waals surface area contributed by atoms with Gasteiger partial charge in [0.1, 0.15) is 17.5 Å². The molecule has 1 saturated heterocycles. The van der Waals surface area contributed by atoms with Gasteiger partial charge in [0, 0.05) is 35.6 Å². The zero-order chi connectivity index (χ0) is 25.4. The van der Waals surface area contributed by atoms with Crippen LogP contribution in [0.4, 0.5) is 0 Å². The lowest BCUT2D eigenvalue weighted by molar-refractivity contribution is -0.120. The van der Waals surface area contributed by atoms with Gasteiger partial charge in [-0.25, -0.2) is 9.98 Å². The van der Waals surface area contributed by atoms with E-state index in [1.165, 1.54) is 13.1 Å². The molecule has 35 heavy (non-hydrogen) atoms. The Morgan fingerprint density at radius 3 is 2.46 bits per heavy atom. The number of carbonyl (C=O) groups excluding carboxylic acids is 3. The van der Waals surface area contributed by atoms with E-state index in [0.29, 0.717) is 48.0 Å². The molecule has 3 rings (SSSR count). The van der Waals surface area contributed by atoms with Crippen molar-refractivity contribution < 1.29 is 19.1 Å². The molecule has 0 radical (unpaired) electrons. The Hall–Kier alpha value is -4.27. The van der Waals surface area contributed by atoms with Crippen molar-refractivity contribution in [2.45, 2.75) is 39.7 Å². The van der Waals surface area contributed by atoms with Gasteiger partial charge in [-0.2, -0.15) is 0 Å². The zero-order valence-electron chi connectivity index (χ0n) is 20.0. The molecular weight excluding hydrogens is 446 g/mol. The van der Waals surface area contributed by atoms with Crippen LogP contribution < -0.4 is 21.1 Å². The van der Waals surface area contributed by atoms with Crippen molar-refractivity contribution in [3.05, 3.63) is 71.6 Å². The Morgan fingerprint density at radius 2 is 1.91 bits per heavy atom. The van der Waals surface area contributed by atoms with Crippen LogP contribution in [0.25, 0.3) is 5.70 Å². The Balaban J connectivity index is 1.78. The van der Waals surface area contributed by atoms with Crippen LogP contribution in [-0.4, -0.2) is 40.9 Å². The highest BCUT2D eigenvalue weighted by Crippen LogP contribution is 2.24. The molecule has 1 aromatic heterocycles. The molecule has 1 fully saturated rings. The van der Waals surface area contributed by atoms with E-state index in [0.717, 1.165) is 5.56 Å². The van der Waals surface area contributed by atoms with E-state index >= 15 is 0 Å². The molecule has 2 amide bonds. The second kappa shape index (κ2) is 11.7. The summed E-state index contributed by atoms with van der Waals surface area (Å²) in [6.45, 7) is 5.82. The number of ether oxygens (including phenoxy) is 1. The standard InChI is InChI=1S/C26H29N5O4/c1-4-5-21(31-23(25(27)33)14-16(2)30-22-12-13-28-26(22)34)18-6-9-20(10-7-18)35-24-11-8-19(15-29-24)17(3)32/h5-11,14-15,22,30H,4,12-13H2,1-3H3,(H2,27,33)(H,28,34)/b16-14+,21-5+,31-23+/t22-/m0/s1. The number of hydrogen-bond donors (Lipinski definition) is 3. The van der Waals surface area contributed by atoms with Crippen molar-refractivity contribution in [2.75, 3.05) is 6.54 Å². The number of nitrogens with zero attached hydrogens (tertiary/aromatic N) is 2. The van der Waals surface area contributed by atoms with Crippen molar-refractivity contribution in [3.8, 4) is 11.6 Å². The Bertz CT molecular complexity index is 1180. The van der Waals surface area contributed by atoms with Crippen molar-refractivity contribution >= 4 is 29.0 Å². The molecule has 1 aromatic carbocycles. The van der Waals surface area contributed by atoms with Gasteiger partial charge in [-0.3, -0.25) is 14.4 Å². The topological polar surface area (TPSA) is 136 Å². The van der Waals surface area contributed by atoms with Crippen LogP contribution in [0.15, 0.2) is 65.4 Å². The first-order valence-corrected chi connectivity index (χ1v) is 11.3. The van der Waals surface area contributed by atoms with Crippen molar-refractivity contribution in [2.24, 2.45) is 10.7 Å². The highest BCUT2D eigenvalue weighted by molar-refractivity contribution is 6.43. The summed E-state index contributed by atoms with van der Waals surface area (Å²) in [6, 6.07) is 10.1. The molecule has 1 aliphatic heterocycles. The fraction of sp³-hybridized carbons (Fsp3) is 0.269. The average Bonchev–Trinajstić information content (AvgIpc) is 3.23. The molecule has 0 saturated carbocycles. The van der Waals surface area contributed by atoms with Gasteiger partial charge >= 0.3 is 0 Å². The van der Waals surface area contributed by atoms with Gasteiger partial charge in [0.15, 0.2) is 5.78 Å². The monoisotopic (exact) mass is 475 g/mol. The number of rotatable bonds is 10. The third kappa shape index (κ3) is 7.10. The lowest BCUT2D eigenvalue weighted by Crippen LogP contribution is -2.35. The van der Waals surface area contributed by atoms with Crippen molar-refractivity contribution in [3.63, 3.8) is 0 Å². The van der Waals surface area contributed by atoms with Crippen molar-refractivity contribution in [1.82, 2.24) is 15.6 Å². The summed E-state index contributed by atoms with van der Waals surface area (Å²) < 4.78 is 5.75. The number of nitrogens with one attached hydrogen (secondary N) is 2. The number of allylic oxidation sites excluding steroid dienone is 2. The van der Waals surface area contributed by atoms with Gasteiger partial charge in [0.2, 0.25) is 11.8 Å². The number of amides is 2. The van der Waals surface area contributed by atoms with E-state index in [1.807, 2.05) is 25.1 Å². The van der Waals surface area contributed by atoms with Crippen LogP contribution >= 0.6 is 0 Å². The van der Waals surface area contributed by atoms with Gasteiger partial charge in [0.05, 0.1) is 5.70 Å². The summed E-state index contributed by atoms with van der Waals surface area (Å²) in [7, 11) is 0. The van der Waals surface area contributed by atoms with E-state index in [9.17, 15) is 14.4 Å². The first kappa shape index (κ1) is 25.4. The SMILES string of the molecule is CC/C=C(/N=C(\C=C(/C)N[C@H]1CCNC1=O)C(N)=O)c1ccc(Oc2ccc(C(C)=O)cn2)cc1. The lowest BCUT2D eigenvalue weighted by Gasteiger charge is -2.12. The summed E-state index contributed by atoms with van der Waals surface area (Å²) in [6.07, 6.45) is 6.27. The third-order valence-corrected chi connectivity index (χ3v) is 5.21. The van der Waals surface area contributed by atoms with Crippen LogP contribution in [-0.2, 0) is 9.59 Å². The predicted molar refractivity (Wildman–Crippen MR) is 134 cm³/mol. The lowest BCUT2D eigenvalue weighted by atomic mass is 10.1. The minimum Gasteiger partial charge on any atom is -0.439 e. The molecule has 0 spiro atoms. The minimum atomic E-state index is -0.677. The summed E-state index contributed by atoms with van der Waals surface area (Å²) >= 11 is 0. The second-order valence-corrected chi connectivity index (χ2v) is 8.03. The Labute approximate surface area is 204 Å². The molecule has 1 atom stereocenters. The molecule has 9 nitrogen and oxygen atoms in total. The van der Waals surface area contributed by atoms with Crippen molar-refractivity contribution in [1.29, 1.82) is 0 Å². The number of aromatic nitrogens is 1. The molecular formula is C26H29N5O4. The number of carbonyl (C=O) groups is 3. The summed E-state index contributed by atoms with van der Waals surface area (Å²) in [5.74, 6) is 0.106. The fourth-order valence-electron chi connectivity index (χ4n) is 3.43. The van der Waals surface area contributed by atoms with E-state index in [-0.39, 0.29) is 23.4 Å². The maximum atomic E-state index is 12.1. The number of hydrogen-bond acceptors (Lipinski definition) is 7. The second-order valence-electron chi connectivity index (χ2n) is 8.03. The van der Waals surface area contributed by atoms with E-state index in [1.54, 1.807) is 37.3 Å². The van der Waals surface area contributed by atoms with Gasteiger partial charge in [-0.15, -0.1) is 0 Å². The molecule has 9 heteroatoms. The van der Waals surface area contributed by atoms with Crippen LogP contribution in [0.1, 0.15) is 49.5 Å². The molecule has 0 bridgehead atoms. The fourth-order valence-corrected chi connectivity index (χ4v) is 3.43. The third-order valence-electron chi connectivity index (χ3n) is 5.21. The first-order valence-electron chi connectivity index (χ1n) is 11.3. The highest BCUT2D eigenvalue weighted by Gasteiger charge is 2.23. The van der Waals surface area contributed by atoms with Crippen LogP contribution in [0.5, 0.6) is 11.6 Å². The van der Waals surface area contributed by atoms with Crippen LogP contribution in [0, 0.1) is 0 Å². The van der Waals surface area contributed by atoms with Gasteiger partial charge in [-0.05, 0) is 63.1 Å². The molecule has 4 N–H and O–H groups in total. The number of primary amides is 1. The number of pyridine rings is 1. The number of aliphatic imine (C=N–C) groups is 1. The van der Waals surface area contributed by atoms with Gasteiger partial charge in [0.25, 0.3) is 5.91 Å². The van der Waals surface area contributed by atoms with Gasteiger partial charge < -0.3 is 21.1 Å². The van der Waals surface area contributed by atoms with Gasteiger partial charge in [-0.1, -0.05) is 13.0 Å². The Kier molecular flexibility index (Phi) is 8.50. The average molecular weight is 476 g/mol. The number of Topliss-reactive ketones (excluding diaryl/α,β-unsaturated/α-hetero) is 1. The molecule has 0 unspecified atom stereocenters. The molecule has 0 aliphatic carbocycles. The zero-order valence-corrected chi connectivity index (χ0v) is 20.0. The normalized spacial score (nSPS) is 16.6. The smallest absolute Gasteiger partial charge is 0.267 e. The minimum absolute atomic E-state index is 0.0654.